The van der Waals surface area contributed by atoms with Gasteiger partial charge in [-0.25, -0.2) is 12.8 Å². The zero-order chi connectivity index (χ0) is 5.41. The molecule has 0 fully saturated rings. The van der Waals surface area contributed by atoms with Crippen LogP contribution in [0.4, 0.5) is 0 Å². The zero-order valence-electron chi connectivity index (χ0n) is 5.24. The summed E-state index contributed by atoms with van der Waals surface area (Å²) in [6.45, 7) is 11.1. The topological polar surface area (TPSA) is 0 Å². The van der Waals surface area contributed by atoms with Gasteiger partial charge in [0.05, 0.1) is 0 Å². The number of hydrogen-bond acceptors (Lipinski definition) is 0. The average molecular weight is 270 g/mol. The second-order valence-electron chi connectivity index (χ2n) is 0.707. The largest absolute Gasteiger partial charge is 2.00 e. The van der Waals surface area contributed by atoms with E-state index in [9.17, 15) is 0 Å². The van der Waals surface area contributed by atoms with Crippen molar-refractivity contribution in [1.82, 2.24) is 0 Å². The van der Waals surface area contributed by atoms with Crippen molar-refractivity contribution >= 4 is 0 Å². The van der Waals surface area contributed by atoms with Gasteiger partial charge in [-0.1, -0.05) is 13.8 Å². The Morgan fingerprint density at radius 1 is 1.00 bits per heavy atom. The third-order valence-electron chi connectivity index (χ3n) is 0.250. The minimum absolute atomic E-state index is 0. The molecule has 0 amide bonds. The summed E-state index contributed by atoms with van der Waals surface area (Å²) in [4.78, 5) is 0. The van der Waals surface area contributed by atoms with Crippen LogP contribution in [0, 0.1) is 13.8 Å². The Morgan fingerprint density at radius 3 is 1.14 bits per heavy atom. The Balaban J connectivity index is -0.0000000480. The Hall–Kier alpha value is 0.688. The standard InChI is InChI=1S/C4H8.C2H6.W/c1-3-4-2;1-2;/h1-4H2;1-2H3;/q-2;;+2. The molecule has 0 aromatic carbocycles. The number of hydrogen-bond donors (Lipinski definition) is 0. The summed E-state index contributed by atoms with van der Waals surface area (Å²) in [6, 6.07) is 0. The van der Waals surface area contributed by atoms with E-state index in [2.05, 4.69) is 13.8 Å². The molecule has 0 aliphatic rings. The molecule has 0 aromatic rings. The second-order valence-corrected chi connectivity index (χ2v) is 0.707. The van der Waals surface area contributed by atoms with Crippen LogP contribution >= 0.6 is 0 Å². The molecule has 0 unspecified atom stereocenters. The van der Waals surface area contributed by atoms with Crippen LogP contribution in [0.15, 0.2) is 0 Å². The van der Waals surface area contributed by atoms with Gasteiger partial charge in [0, 0.05) is 0 Å². The van der Waals surface area contributed by atoms with E-state index in [1.165, 1.54) is 0 Å². The monoisotopic (exact) mass is 270 g/mol. The molecule has 0 saturated heterocycles. The SMILES string of the molecule is CC.[CH2-]CC[CH2-].[W+2]. The van der Waals surface area contributed by atoms with Crippen molar-refractivity contribution < 1.29 is 21.1 Å². The third-order valence-corrected chi connectivity index (χ3v) is 0.250. The van der Waals surface area contributed by atoms with Gasteiger partial charge < -0.3 is 13.8 Å². The van der Waals surface area contributed by atoms with Crippen molar-refractivity contribution in [3.05, 3.63) is 13.8 Å². The maximum atomic E-state index is 3.54. The van der Waals surface area contributed by atoms with Crippen LogP contribution in [0.25, 0.3) is 0 Å². The predicted molar refractivity (Wildman–Crippen MR) is 31.3 cm³/mol. The van der Waals surface area contributed by atoms with Gasteiger partial charge in [-0.3, -0.25) is 0 Å². The molecule has 0 aromatic heterocycles. The van der Waals surface area contributed by atoms with Gasteiger partial charge >= 0.3 is 21.1 Å². The molecule has 7 heavy (non-hydrogen) atoms. The fourth-order valence-corrected chi connectivity index (χ4v) is 0. The Kier molecular flexibility index (Phi) is 66.9. The molecule has 0 rings (SSSR count). The molecule has 0 heterocycles. The molecule has 0 spiro atoms. The number of rotatable bonds is 1. The predicted octanol–water partition coefficient (Wildman–Crippen LogP) is 2.46. The van der Waals surface area contributed by atoms with Gasteiger partial charge in [0.15, 0.2) is 0 Å². The maximum Gasteiger partial charge on any atom is 2.00 e. The van der Waals surface area contributed by atoms with Gasteiger partial charge in [-0.15, -0.1) is 0 Å². The molecule has 0 N–H and O–H groups in total. The van der Waals surface area contributed by atoms with Crippen LogP contribution in [0.3, 0.4) is 0 Å². The molecule has 0 bridgehead atoms. The molecular weight excluding hydrogens is 256 g/mol. The summed E-state index contributed by atoms with van der Waals surface area (Å²) in [5.74, 6) is 0. The smallest absolute Gasteiger partial charge is 0.346 e. The van der Waals surface area contributed by atoms with E-state index in [-0.39, 0.29) is 21.1 Å². The third kappa shape index (κ3) is 51.6. The molecule has 44 valence electrons. The Labute approximate surface area is 62.0 Å². The van der Waals surface area contributed by atoms with E-state index < -0.39 is 0 Å². The molecule has 0 radical (unpaired) electrons. The Morgan fingerprint density at radius 2 is 1.14 bits per heavy atom. The normalized spacial score (nSPS) is 5.14. The zero-order valence-corrected chi connectivity index (χ0v) is 8.17. The first-order valence-electron chi connectivity index (χ1n) is 2.50. The molecule has 0 atom stereocenters. The fraction of sp³-hybridized carbons (Fsp3) is 0.667. The van der Waals surface area contributed by atoms with Crippen LogP contribution in [0.5, 0.6) is 0 Å². The van der Waals surface area contributed by atoms with Crippen LogP contribution in [-0.4, -0.2) is 0 Å². The Bertz CT molecular complexity index is 6.14. The first kappa shape index (κ1) is 15.6. The summed E-state index contributed by atoms with van der Waals surface area (Å²) in [5.41, 5.74) is 0. The van der Waals surface area contributed by atoms with Crippen molar-refractivity contribution in [3.8, 4) is 0 Å². The number of unbranched alkanes of at least 4 members (excludes halogenated alkanes) is 1. The van der Waals surface area contributed by atoms with Crippen molar-refractivity contribution in [1.29, 1.82) is 0 Å². The van der Waals surface area contributed by atoms with E-state index in [1.807, 2.05) is 13.8 Å². The molecular formula is C6H14W. The molecule has 0 saturated carbocycles. The van der Waals surface area contributed by atoms with Gasteiger partial charge in [-0.2, -0.15) is 0 Å². The molecule has 0 nitrogen and oxygen atoms in total. The van der Waals surface area contributed by atoms with E-state index in [1.54, 1.807) is 0 Å². The van der Waals surface area contributed by atoms with E-state index in [4.69, 9.17) is 0 Å². The first-order chi connectivity index (χ1) is 2.91. The minimum atomic E-state index is 0. The second kappa shape index (κ2) is 29.9. The van der Waals surface area contributed by atoms with E-state index >= 15 is 0 Å². The summed E-state index contributed by atoms with van der Waals surface area (Å²) in [7, 11) is 0. The van der Waals surface area contributed by atoms with Gasteiger partial charge in [0.1, 0.15) is 0 Å². The van der Waals surface area contributed by atoms with Gasteiger partial charge in [0.25, 0.3) is 0 Å². The minimum Gasteiger partial charge on any atom is -0.346 e. The van der Waals surface area contributed by atoms with Crippen molar-refractivity contribution in [3.63, 3.8) is 0 Å². The maximum absolute atomic E-state index is 3.54. The van der Waals surface area contributed by atoms with Crippen molar-refractivity contribution in [2.45, 2.75) is 26.7 Å². The first-order valence-corrected chi connectivity index (χ1v) is 2.50. The van der Waals surface area contributed by atoms with Gasteiger partial charge in [-0.05, 0) is 0 Å². The summed E-state index contributed by atoms with van der Waals surface area (Å²) < 4.78 is 0. The van der Waals surface area contributed by atoms with Crippen molar-refractivity contribution in [2.24, 2.45) is 0 Å². The average Bonchev–Trinajstić information content (AvgIpc) is 1.72. The summed E-state index contributed by atoms with van der Waals surface area (Å²) in [5, 5.41) is 0. The van der Waals surface area contributed by atoms with E-state index in [0.717, 1.165) is 12.8 Å². The van der Waals surface area contributed by atoms with Crippen molar-refractivity contribution in [2.75, 3.05) is 0 Å². The van der Waals surface area contributed by atoms with Gasteiger partial charge in [0.2, 0.25) is 0 Å². The van der Waals surface area contributed by atoms with E-state index in [0.29, 0.717) is 0 Å². The molecule has 0 aliphatic heterocycles. The molecule has 0 aliphatic carbocycles. The quantitative estimate of drug-likeness (QED) is 0.642. The summed E-state index contributed by atoms with van der Waals surface area (Å²) in [6.07, 6.45) is 1.92. The van der Waals surface area contributed by atoms with Crippen LogP contribution in [0.2, 0.25) is 0 Å². The van der Waals surface area contributed by atoms with Crippen LogP contribution < -0.4 is 0 Å². The summed E-state index contributed by atoms with van der Waals surface area (Å²) >= 11 is 0. The van der Waals surface area contributed by atoms with Crippen LogP contribution in [-0.2, 0) is 21.1 Å². The molecule has 1 heteroatoms. The fourth-order valence-electron chi connectivity index (χ4n) is 0. The van der Waals surface area contributed by atoms with Crippen LogP contribution in [0.1, 0.15) is 26.7 Å².